The summed E-state index contributed by atoms with van der Waals surface area (Å²) < 4.78 is 34.8. The SMILES string of the molecule is CC/C=C\C/C=C\C/C=C\C/C=C\CCCCCCCCCCCCCCCCCCCCC(=O)OC(COC(=O)CCCCCCCCCCCCCCCCCCCCCCC/C=C\C/C=C\CCCCCCC)COP(=O)(O)OCC[N+](C)(C)C. The van der Waals surface area contributed by atoms with Crippen LogP contribution in [0.2, 0.25) is 0 Å². The monoisotopic (exact) mass is 1260 g/mol. The molecule has 0 fully saturated rings. The molecule has 1 N–H and O–H groups in total. The standard InChI is InChI=1S/C78H144NO8P/c1-6-8-10-12-14-16-18-20-22-24-26-28-30-32-34-36-38-39-41-42-44-46-48-50-52-54-56-58-60-62-64-66-68-70-77(80)84-74-76(75-86-88(82,83)85-73-72-79(3,4)5)87-78(81)71-69-67-65-63-61-59-57-55-53-51-49-47-45-43-40-37-35-33-31-29-27-25-23-21-19-17-15-13-11-9-7-2/h9,11,15,17-18,20-21,23-24,26-27,29,76H,6-8,10,12-14,16,19,22,25,28,30-75H2,1-5H3/p+1/b11-9-,17-15-,20-18-,23-21-,26-24-,29-27-. The summed E-state index contributed by atoms with van der Waals surface area (Å²) in [4.78, 5) is 35.9. The van der Waals surface area contributed by atoms with Crippen LogP contribution in [0.4, 0.5) is 0 Å². The van der Waals surface area contributed by atoms with Crippen molar-refractivity contribution in [2.24, 2.45) is 0 Å². The van der Waals surface area contributed by atoms with E-state index in [-0.39, 0.29) is 25.6 Å². The molecule has 0 radical (unpaired) electrons. The number of carbonyl (C=O) groups excluding carboxylic acids is 2. The fourth-order valence-corrected chi connectivity index (χ4v) is 11.7. The van der Waals surface area contributed by atoms with Gasteiger partial charge in [-0.3, -0.25) is 18.6 Å². The lowest BCUT2D eigenvalue weighted by Crippen LogP contribution is -2.37. The van der Waals surface area contributed by atoms with Gasteiger partial charge in [0.15, 0.2) is 6.10 Å². The predicted octanol–water partition coefficient (Wildman–Crippen LogP) is 24.7. The van der Waals surface area contributed by atoms with E-state index < -0.39 is 26.5 Å². The van der Waals surface area contributed by atoms with Gasteiger partial charge in [-0.15, -0.1) is 0 Å². The van der Waals surface area contributed by atoms with E-state index in [0.29, 0.717) is 23.9 Å². The zero-order chi connectivity index (χ0) is 64.1. The zero-order valence-corrected chi connectivity index (χ0v) is 59.6. The number of likely N-dealkylation sites (N-methyl/N-ethyl adjacent to an activating group) is 1. The van der Waals surface area contributed by atoms with Crippen LogP contribution in [0.3, 0.4) is 0 Å². The number of carbonyl (C=O) groups is 2. The average Bonchev–Trinajstić information content (AvgIpc) is 3.68. The summed E-state index contributed by atoms with van der Waals surface area (Å²) in [6.07, 6.45) is 93.2. The highest BCUT2D eigenvalue weighted by Crippen LogP contribution is 2.43. The quantitative estimate of drug-likeness (QED) is 0.0211. The van der Waals surface area contributed by atoms with Crippen molar-refractivity contribution in [2.75, 3.05) is 47.5 Å². The number of quaternary nitrogens is 1. The number of hydrogen-bond acceptors (Lipinski definition) is 7. The Bertz CT molecular complexity index is 1710. The number of hydrogen-bond donors (Lipinski definition) is 1. The van der Waals surface area contributed by atoms with Gasteiger partial charge in [-0.25, -0.2) is 4.57 Å². The van der Waals surface area contributed by atoms with Gasteiger partial charge in [-0.2, -0.15) is 0 Å². The molecule has 9 nitrogen and oxygen atoms in total. The number of phosphoric ester groups is 1. The number of rotatable bonds is 70. The molecule has 0 aromatic carbocycles. The largest absolute Gasteiger partial charge is 0.472 e. The number of nitrogens with zero attached hydrogens (tertiary/aromatic N) is 1. The molecule has 0 spiro atoms. The molecule has 0 saturated heterocycles. The molecule has 2 atom stereocenters. The maximum atomic E-state index is 12.9. The smallest absolute Gasteiger partial charge is 0.462 e. The Balaban J connectivity index is 3.96. The summed E-state index contributed by atoms with van der Waals surface area (Å²) in [5.41, 5.74) is 0. The van der Waals surface area contributed by atoms with Crippen molar-refractivity contribution in [3.63, 3.8) is 0 Å². The molecule has 514 valence electrons. The molecule has 0 aliphatic carbocycles. The minimum Gasteiger partial charge on any atom is -0.462 e. The van der Waals surface area contributed by atoms with Gasteiger partial charge in [-0.05, 0) is 83.5 Å². The van der Waals surface area contributed by atoms with Crippen molar-refractivity contribution in [3.8, 4) is 0 Å². The third-order valence-corrected chi connectivity index (χ3v) is 17.7. The van der Waals surface area contributed by atoms with Crippen LogP contribution in [0, 0.1) is 0 Å². The van der Waals surface area contributed by atoms with Crippen LogP contribution >= 0.6 is 7.82 Å². The van der Waals surface area contributed by atoms with E-state index in [1.165, 1.54) is 263 Å². The van der Waals surface area contributed by atoms with E-state index in [1.54, 1.807) is 0 Å². The Morgan fingerprint density at radius 2 is 0.648 bits per heavy atom. The van der Waals surface area contributed by atoms with Gasteiger partial charge >= 0.3 is 19.8 Å². The molecule has 0 rings (SSSR count). The topological polar surface area (TPSA) is 108 Å². The van der Waals surface area contributed by atoms with E-state index in [2.05, 4.69) is 86.8 Å². The van der Waals surface area contributed by atoms with Crippen LogP contribution in [-0.2, 0) is 32.7 Å². The van der Waals surface area contributed by atoms with Crippen molar-refractivity contribution in [3.05, 3.63) is 72.9 Å². The van der Waals surface area contributed by atoms with Crippen LogP contribution in [-0.4, -0.2) is 74.9 Å². The second-order valence-electron chi connectivity index (χ2n) is 26.7. The van der Waals surface area contributed by atoms with E-state index in [0.717, 1.165) is 64.2 Å². The molecule has 10 heteroatoms. The Morgan fingerprint density at radius 1 is 0.364 bits per heavy atom. The minimum absolute atomic E-state index is 0.0326. The molecule has 0 saturated carbocycles. The number of allylic oxidation sites excluding steroid dienone is 12. The normalized spacial score (nSPS) is 13.5. The third kappa shape index (κ3) is 72.5. The predicted molar refractivity (Wildman–Crippen MR) is 381 cm³/mol. The van der Waals surface area contributed by atoms with Crippen molar-refractivity contribution < 1.29 is 42.1 Å². The number of ether oxygens (including phenoxy) is 2. The van der Waals surface area contributed by atoms with Gasteiger partial charge in [0.1, 0.15) is 19.8 Å². The molecule has 0 amide bonds. The third-order valence-electron chi connectivity index (χ3n) is 16.7. The van der Waals surface area contributed by atoms with Gasteiger partial charge in [0.2, 0.25) is 0 Å². The maximum absolute atomic E-state index is 12.9. The Hall–Kier alpha value is -2.55. The van der Waals surface area contributed by atoms with Crippen molar-refractivity contribution in [1.82, 2.24) is 0 Å². The molecule has 0 heterocycles. The molecular weight excluding hydrogens is 1110 g/mol. The average molecular weight is 1260 g/mol. The summed E-state index contributed by atoms with van der Waals surface area (Å²) in [6, 6.07) is 0. The molecule has 2 unspecified atom stereocenters. The van der Waals surface area contributed by atoms with E-state index in [4.69, 9.17) is 18.5 Å². The van der Waals surface area contributed by atoms with Crippen LogP contribution < -0.4 is 0 Å². The van der Waals surface area contributed by atoms with Gasteiger partial charge < -0.3 is 18.9 Å². The van der Waals surface area contributed by atoms with E-state index in [1.807, 2.05) is 21.1 Å². The molecule has 88 heavy (non-hydrogen) atoms. The lowest BCUT2D eigenvalue weighted by molar-refractivity contribution is -0.870. The lowest BCUT2D eigenvalue weighted by atomic mass is 10.0. The van der Waals surface area contributed by atoms with Gasteiger partial charge in [0.05, 0.1) is 27.7 Å². The first-order valence-electron chi connectivity index (χ1n) is 37.7. The first-order valence-corrected chi connectivity index (χ1v) is 39.2. The zero-order valence-electron chi connectivity index (χ0n) is 58.7. The maximum Gasteiger partial charge on any atom is 0.472 e. The minimum atomic E-state index is -4.39. The summed E-state index contributed by atoms with van der Waals surface area (Å²) in [5, 5.41) is 0. The Morgan fingerprint density at radius 3 is 0.966 bits per heavy atom. The van der Waals surface area contributed by atoms with Crippen molar-refractivity contribution in [1.29, 1.82) is 0 Å². The van der Waals surface area contributed by atoms with Crippen molar-refractivity contribution >= 4 is 19.8 Å². The number of unbranched alkanes of at least 4 members (excludes halogenated alkanes) is 44. The molecule has 0 bridgehead atoms. The van der Waals surface area contributed by atoms with Crippen LogP contribution in [0.5, 0.6) is 0 Å². The highest BCUT2D eigenvalue weighted by Gasteiger charge is 2.27. The second-order valence-corrected chi connectivity index (χ2v) is 28.1. The molecule has 0 aliphatic rings. The van der Waals surface area contributed by atoms with E-state index >= 15 is 0 Å². The second kappa shape index (κ2) is 68.8. The highest BCUT2D eigenvalue weighted by atomic mass is 31.2. The van der Waals surface area contributed by atoms with Gasteiger partial charge in [-0.1, -0.05) is 337 Å². The Kier molecular flexibility index (Phi) is 66.8. The Labute approximate surface area is 546 Å². The molecule has 0 aromatic rings. The van der Waals surface area contributed by atoms with Crippen LogP contribution in [0.15, 0.2) is 72.9 Å². The number of esters is 2. The van der Waals surface area contributed by atoms with Crippen LogP contribution in [0.1, 0.15) is 361 Å². The van der Waals surface area contributed by atoms with Crippen LogP contribution in [0.25, 0.3) is 0 Å². The molecule has 0 aromatic heterocycles. The summed E-state index contributed by atoms with van der Waals surface area (Å²) >= 11 is 0. The lowest BCUT2D eigenvalue weighted by Gasteiger charge is -2.24. The fourth-order valence-electron chi connectivity index (χ4n) is 11.0. The summed E-state index contributed by atoms with van der Waals surface area (Å²) in [7, 11) is 1.49. The highest BCUT2D eigenvalue weighted by molar-refractivity contribution is 7.47. The van der Waals surface area contributed by atoms with E-state index in [9.17, 15) is 19.0 Å². The summed E-state index contributed by atoms with van der Waals surface area (Å²) in [6.45, 7) is 4.37. The molecule has 0 aliphatic heterocycles. The number of phosphoric acid groups is 1. The summed E-state index contributed by atoms with van der Waals surface area (Å²) in [5.74, 6) is -0.779. The first-order chi connectivity index (χ1) is 43.0. The first kappa shape index (κ1) is 85.5. The molecular formula is C78H145NO8P+. The fraction of sp³-hybridized carbons (Fsp3) is 0.821. The van der Waals surface area contributed by atoms with Gasteiger partial charge in [0.25, 0.3) is 0 Å². The van der Waals surface area contributed by atoms with Crippen molar-refractivity contribution in [2.45, 2.75) is 367 Å². The van der Waals surface area contributed by atoms with Gasteiger partial charge in [0, 0.05) is 12.8 Å².